The summed E-state index contributed by atoms with van der Waals surface area (Å²) in [4.78, 5) is 15.7. The Kier molecular flexibility index (Phi) is 5.61. The number of hydrogen-bond donors (Lipinski definition) is 1. The van der Waals surface area contributed by atoms with Gasteiger partial charge in [0.1, 0.15) is 5.82 Å². The summed E-state index contributed by atoms with van der Waals surface area (Å²) in [6.07, 6.45) is 5.74. The molecule has 3 heterocycles. The summed E-state index contributed by atoms with van der Waals surface area (Å²) in [5.41, 5.74) is 2.30. The molecule has 0 radical (unpaired) electrons. The van der Waals surface area contributed by atoms with E-state index >= 15 is 0 Å². The van der Waals surface area contributed by atoms with E-state index in [1.54, 1.807) is 18.5 Å². The van der Waals surface area contributed by atoms with Gasteiger partial charge in [-0.15, -0.1) is 0 Å². The van der Waals surface area contributed by atoms with Gasteiger partial charge in [-0.3, -0.25) is 4.90 Å². The highest BCUT2D eigenvalue weighted by molar-refractivity contribution is 6.31. The van der Waals surface area contributed by atoms with E-state index in [0.717, 1.165) is 49.0 Å². The fraction of sp³-hybridized carbons (Fsp3) is 0.286. The molecule has 1 atom stereocenters. The van der Waals surface area contributed by atoms with Gasteiger partial charge in [0.25, 0.3) is 0 Å². The molecule has 5 nitrogen and oxygen atoms in total. The number of rotatable bonds is 5. The van der Waals surface area contributed by atoms with E-state index in [9.17, 15) is 0 Å². The fourth-order valence-corrected chi connectivity index (χ4v) is 3.73. The molecule has 0 saturated carbocycles. The predicted molar refractivity (Wildman–Crippen MR) is 108 cm³/mol. The third-order valence-electron chi connectivity index (χ3n) is 4.85. The van der Waals surface area contributed by atoms with E-state index in [0.29, 0.717) is 11.9 Å². The second-order valence-electron chi connectivity index (χ2n) is 6.81. The maximum Gasteiger partial charge on any atom is 0.228 e. The molecule has 1 N–H and O–H groups in total. The molecule has 27 heavy (non-hydrogen) atoms. The molecule has 1 aliphatic heterocycles. The van der Waals surface area contributed by atoms with E-state index in [1.807, 2.05) is 30.3 Å². The number of anilines is 2. The van der Waals surface area contributed by atoms with Crippen LogP contribution in [-0.4, -0.2) is 32.9 Å². The average Bonchev–Trinajstić information content (AvgIpc) is 2.71. The van der Waals surface area contributed by atoms with E-state index in [2.05, 4.69) is 32.3 Å². The van der Waals surface area contributed by atoms with Crippen molar-refractivity contribution in [2.75, 3.05) is 18.4 Å². The molecule has 1 unspecified atom stereocenters. The summed E-state index contributed by atoms with van der Waals surface area (Å²) in [5.74, 6) is 1.76. The van der Waals surface area contributed by atoms with Crippen molar-refractivity contribution in [3.63, 3.8) is 0 Å². The number of hydrogen-bond acceptors (Lipinski definition) is 5. The Labute approximate surface area is 164 Å². The maximum absolute atomic E-state index is 6.34. The van der Waals surface area contributed by atoms with E-state index in [-0.39, 0.29) is 0 Å². The van der Waals surface area contributed by atoms with E-state index in [1.165, 1.54) is 5.56 Å². The van der Waals surface area contributed by atoms with Crippen LogP contribution in [0.5, 0.6) is 0 Å². The van der Waals surface area contributed by atoms with Crippen molar-refractivity contribution in [1.29, 1.82) is 0 Å². The lowest BCUT2D eigenvalue weighted by atomic mass is 9.94. The molecular formula is C21H22ClN5. The summed E-state index contributed by atoms with van der Waals surface area (Å²) in [7, 11) is 0. The van der Waals surface area contributed by atoms with Gasteiger partial charge in [-0.25, -0.2) is 15.0 Å². The Balaban J connectivity index is 1.45. The molecule has 1 aromatic carbocycles. The van der Waals surface area contributed by atoms with Crippen molar-refractivity contribution in [2.45, 2.75) is 25.3 Å². The largest absolute Gasteiger partial charge is 0.309 e. The molecule has 1 aliphatic rings. The van der Waals surface area contributed by atoms with Crippen LogP contribution in [-0.2, 0) is 6.54 Å². The Hall–Kier alpha value is -2.50. The van der Waals surface area contributed by atoms with E-state index in [4.69, 9.17) is 16.6 Å². The number of piperidine rings is 1. The summed E-state index contributed by atoms with van der Waals surface area (Å²) < 4.78 is 0. The van der Waals surface area contributed by atoms with Gasteiger partial charge in [-0.2, -0.15) is 0 Å². The van der Waals surface area contributed by atoms with Crippen molar-refractivity contribution in [3.8, 4) is 0 Å². The zero-order valence-electron chi connectivity index (χ0n) is 15.1. The summed E-state index contributed by atoms with van der Waals surface area (Å²) in [6, 6.07) is 16.0. The lowest BCUT2D eigenvalue weighted by Gasteiger charge is -2.32. The summed E-state index contributed by atoms with van der Waals surface area (Å²) in [5, 5.41) is 4.02. The molecule has 6 heteroatoms. The smallest absolute Gasteiger partial charge is 0.228 e. The molecule has 0 spiro atoms. The lowest BCUT2D eigenvalue weighted by molar-refractivity contribution is 0.198. The second kappa shape index (κ2) is 8.46. The molecule has 0 bridgehead atoms. The lowest BCUT2D eigenvalue weighted by Crippen LogP contribution is -2.34. The minimum absolute atomic E-state index is 0.416. The molecule has 1 saturated heterocycles. The van der Waals surface area contributed by atoms with Gasteiger partial charge in [0, 0.05) is 42.1 Å². The number of benzene rings is 1. The first-order valence-electron chi connectivity index (χ1n) is 9.25. The van der Waals surface area contributed by atoms with Crippen LogP contribution in [0.15, 0.2) is 60.9 Å². The fourth-order valence-electron chi connectivity index (χ4n) is 3.53. The number of nitrogens with one attached hydrogen (secondary N) is 1. The zero-order valence-corrected chi connectivity index (χ0v) is 15.8. The molecule has 1 fully saturated rings. The first-order chi connectivity index (χ1) is 13.3. The van der Waals surface area contributed by atoms with Crippen LogP contribution in [0.1, 0.15) is 30.0 Å². The van der Waals surface area contributed by atoms with Crippen molar-refractivity contribution in [2.24, 2.45) is 0 Å². The van der Waals surface area contributed by atoms with Crippen LogP contribution in [0.25, 0.3) is 0 Å². The van der Waals surface area contributed by atoms with Crippen LogP contribution < -0.4 is 5.32 Å². The van der Waals surface area contributed by atoms with Crippen molar-refractivity contribution in [1.82, 2.24) is 19.9 Å². The van der Waals surface area contributed by atoms with Crippen molar-refractivity contribution < 1.29 is 0 Å². The minimum Gasteiger partial charge on any atom is -0.309 e. The van der Waals surface area contributed by atoms with Crippen LogP contribution in [0.2, 0.25) is 5.02 Å². The third kappa shape index (κ3) is 4.62. The number of pyridine rings is 1. The highest BCUT2D eigenvalue weighted by atomic mass is 35.5. The van der Waals surface area contributed by atoms with Crippen LogP contribution in [0, 0.1) is 0 Å². The third-order valence-corrected chi connectivity index (χ3v) is 5.22. The summed E-state index contributed by atoms with van der Waals surface area (Å²) >= 11 is 6.34. The van der Waals surface area contributed by atoms with Crippen LogP contribution in [0.4, 0.5) is 11.8 Å². The molecular weight excluding hydrogens is 358 g/mol. The zero-order chi connectivity index (χ0) is 18.5. The Morgan fingerprint density at radius 1 is 1.04 bits per heavy atom. The van der Waals surface area contributed by atoms with Gasteiger partial charge in [0.15, 0.2) is 0 Å². The highest BCUT2D eigenvalue weighted by Gasteiger charge is 2.23. The van der Waals surface area contributed by atoms with Crippen LogP contribution >= 0.6 is 11.6 Å². The monoisotopic (exact) mass is 379 g/mol. The molecule has 138 valence electrons. The van der Waals surface area contributed by atoms with Gasteiger partial charge in [-0.1, -0.05) is 35.9 Å². The number of halogens is 1. The topological polar surface area (TPSA) is 53.9 Å². The van der Waals surface area contributed by atoms with E-state index < -0.39 is 0 Å². The normalized spacial score (nSPS) is 17.6. The SMILES string of the molecule is Clc1ccccc1CN1CCCC(c2cccc(Nc3ncccn3)n2)C1. The van der Waals surface area contributed by atoms with Crippen molar-refractivity contribution >= 4 is 23.4 Å². The highest BCUT2D eigenvalue weighted by Crippen LogP contribution is 2.28. The number of nitrogens with zero attached hydrogens (tertiary/aromatic N) is 4. The first kappa shape index (κ1) is 17.9. The average molecular weight is 380 g/mol. The Morgan fingerprint density at radius 3 is 2.74 bits per heavy atom. The predicted octanol–water partition coefficient (Wildman–Crippen LogP) is 4.65. The molecule has 2 aromatic heterocycles. The standard InChI is InChI=1S/C21H22ClN5/c22-18-8-2-1-6-16(18)14-27-13-4-7-17(15-27)19-9-3-10-20(25-19)26-21-23-11-5-12-24-21/h1-3,5-6,8-12,17H,4,7,13-15H2,(H,23,24,25,26). The minimum atomic E-state index is 0.416. The summed E-state index contributed by atoms with van der Waals surface area (Å²) in [6.45, 7) is 2.97. The van der Waals surface area contributed by atoms with Gasteiger partial charge < -0.3 is 5.32 Å². The molecule has 3 aromatic rings. The Morgan fingerprint density at radius 2 is 1.89 bits per heavy atom. The molecule has 0 amide bonds. The van der Waals surface area contributed by atoms with Gasteiger partial charge in [-0.05, 0) is 49.2 Å². The number of likely N-dealkylation sites (tertiary alicyclic amines) is 1. The number of aromatic nitrogens is 3. The van der Waals surface area contributed by atoms with Crippen LogP contribution in [0.3, 0.4) is 0 Å². The first-order valence-corrected chi connectivity index (χ1v) is 9.62. The quantitative estimate of drug-likeness (QED) is 0.699. The maximum atomic E-state index is 6.34. The molecule has 4 rings (SSSR count). The second-order valence-corrected chi connectivity index (χ2v) is 7.22. The van der Waals surface area contributed by atoms with Gasteiger partial charge in [0.2, 0.25) is 5.95 Å². The van der Waals surface area contributed by atoms with Gasteiger partial charge >= 0.3 is 0 Å². The Bertz CT molecular complexity index is 887. The molecule has 0 aliphatic carbocycles. The van der Waals surface area contributed by atoms with Gasteiger partial charge in [0.05, 0.1) is 0 Å². The van der Waals surface area contributed by atoms with Crippen molar-refractivity contribution in [3.05, 3.63) is 77.2 Å².